The number of fused-ring (bicyclic) bond motifs is 1. The molecular weight excluding hydrogens is 444 g/mol. The largest absolute Gasteiger partial charge is 0.446 e. The lowest BCUT2D eigenvalue weighted by Crippen LogP contribution is -2.46. The molecule has 3 amide bonds. The number of para-hydroxylation sites is 1. The SMILES string of the molecule is CCC(C(=O)OC(C(=O)Nc1c(C)cccc1C)c1ccccc1)N1C(=O)c2ccccc2C1=O. The number of benzene rings is 3. The van der Waals surface area contributed by atoms with Gasteiger partial charge in [0.25, 0.3) is 17.7 Å². The van der Waals surface area contributed by atoms with Gasteiger partial charge in [-0.05, 0) is 43.5 Å². The summed E-state index contributed by atoms with van der Waals surface area (Å²) in [5.41, 5.74) is 3.35. The van der Waals surface area contributed by atoms with Crippen LogP contribution >= 0.6 is 0 Å². The Kier molecular flexibility index (Phi) is 6.78. The summed E-state index contributed by atoms with van der Waals surface area (Å²) in [7, 11) is 0. The van der Waals surface area contributed by atoms with E-state index in [4.69, 9.17) is 4.74 Å². The van der Waals surface area contributed by atoms with E-state index < -0.39 is 35.8 Å². The number of imide groups is 1. The first kappa shape index (κ1) is 23.9. The molecule has 1 heterocycles. The maximum absolute atomic E-state index is 13.4. The second-order valence-corrected chi connectivity index (χ2v) is 8.43. The van der Waals surface area contributed by atoms with Crippen molar-refractivity contribution >= 4 is 29.4 Å². The van der Waals surface area contributed by atoms with E-state index in [0.717, 1.165) is 16.0 Å². The number of amides is 3. The van der Waals surface area contributed by atoms with Crippen LogP contribution in [0.15, 0.2) is 72.8 Å². The number of nitrogens with zero attached hydrogens (tertiary/aromatic N) is 1. The summed E-state index contributed by atoms with van der Waals surface area (Å²) in [6.07, 6.45) is -1.13. The Morgan fingerprint density at radius 2 is 1.37 bits per heavy atom. The Labute approximate surface area is 203 Å². The number of ether oxygens (including phenoxy) is 1. The molecule has 3 aromatic carbocycles. The van der Waals surface area contributed by atoms with Crippen molar-refractivity contribution in [2.45, 2.75) is 39.3 Å². The molecule has 7 nitrogen and oxygen atoms in total. The number of carbonyl (C=O) groups excluding carboxylic acids is 4. The highest BCUT2D eigenvalue weighted by Gasteiger charge is 2.43. The highest BCUT2D eigenvalue weighted by atomic mass is 16.5. The third-order valence-electron chi connectivity index (χ3n) is 6.10. The molecule has 0 bridgehead atoms. The number of anilines is 1. The van der Waals surface area contributed by atoms with Crippen molar-refractivity contribution in [3.05, 3.63) is 101 Å². The summed E-state index contributed by atoms with van der Waals surface area (Å²) in [6, 6.07) is 19.6. The zero-order valence-electron chi connectivity index (χ0n) is 19.8. The number of hydrogen-bond donors (Lipinski definition) is 1. The molecule has 3 aromatic rings. The maximum atomic E-state index is 13.4. The zero-order valence-corrected chi connectivity index (χ0v) is 19.8. The predicted octanol–water partition coefficient (Wildman–Crippen LogP) is 4.60. The lowest BCUT2D eigenvalue weighted by atomic mass is 10.1. The third kappa shape index (κ3) is 4.57. The zero-order chi connectivity index (χ0) is 25.1. The first-order valence-corrected chi connectivity index (χ1v) is 11.4. The van der Waals surface area contributed by atoms with Gasteiger partial charge in [0.1, 0.15) is 6.04 Å². The van der Waals surface area contributed by atoms with Crippen LogP contribution in [0.5, 0.6) is 0 Å². The van der Waals surface area contributed by atoms with Gasteiger partial charge in [-0.25, -0.2) is 4.79 Å². The fourth-order valence-electron chi connectivity index (χ4n) is 4.24. The summed E-state index contributed by atoms with van der Waals surface area (Å²) in [5.74, 6) is -2.46. The van der Waals surface area contributed by atoms with Gasteiger partial charge in [-0.2, -0.15) is 0 Å². The Hall–Kier alpha value is -4.26. The van der Waals surface area contributed by atoms with Gasteiger partial charge in [-0.1, -0.05) is 67.6 Å². The first-order chi connectivity index (χ1) is 16.8. The van der Waals surface area contributed by atoms with E-state index in [1.54, 1.807) is 61.5 Å². The van der Waals surface area contributed by atoms with Crippen LogP contribution < -0.4 is 5.32 Å². The summed E-state index contributed by atoms with van der Waals surface area (Å²) >= 11 is 0. The Bertz CT molecular complexity index is 1250. The lowest BCUT2D eigenvalue weighted by molar-refractivity contribution is -0.158. The van der Waals surface area contributed by atoms with Crippen molar-refractivity contribution in [1.29, 1.82) is 0 Å². The van der Waals surface area contributed by atoms with Gasteiger partial charge in [0.2, 0.25) is 6.10 Å². The molecule has 0 spiro atoms. The van der Waals surface area contributed by atoms with Crippen molar-refractivity contribution in [2.75, 3.05) is 5.32 Å². The Morgan fingerprint density at radius 3 is 1.91 bits per heavy atom. The quantitative estimate of drug-likeness (QED) is 0.402. The molecule has 2 unspecified atom stereocenters. The van der Waals surface area contributed by atoms with Crippen molar-refractivity contribution in [1.82, 2.24) is 4.90 Å². The molecule has 4 rings (SSSR count). The van der Waals surface area contributed by atoms with Gasteiger partial charge < -0.3 is 10.1 Å². The fraction of sp³-hybridized carbons (Fsp3) is 0.214. The Morgan fingerprint density at radius 1 is 0.829 bits per heavy atom. The second kappa shape index (κ2) is 9.93. The van der Waals surface area contributed by atoms with E-state index >= 15 is 0 Å². The average Bonchev–Trinajstić information content (AvgIpc) is 3.11. The van der Waals surface area contributed by atoms with Crippen LogP contribution in [0, 0.1) is 13.8 Å². The summed E-state index contributed by atoms with van der Waals surface area (Å²) in [4.78, 5) is 53.5. The molecule has 2 atom stereocenters. The first-order valence-electron chi connectivity index (χ1n) is 11.4. The van der Waals surface area contributed by atoms with Gasteiger partial charge in [0, 0.05) is 11.3 Å². The molecule has 178 valence electrons. The van der Waals surface area contributed by atoms with Crippen LogP contribution in [0.1, 0.15) is 56.9 Å². The molecule has 1 aliphatic rings. The summed E-state index contributed by atoms with van der Waals surface area (Å²) in [6.45, 7) is 5.44. The summed E-state index contributed by atoms with van der Waals surface area (Å²) < 4.78 is 5.71. The lowest BCUT2D eigenvalue weighted by Gasteiger charge is -2.26. The number of carbonyl (C=O) groups is 4. The number of esters is 1. The monoisotopic (exact) mass is 470 g/mol. The topological polar surface area (TPSA) is 92.8 Å². The molecule has 0 radical (unpaired) electrons. The smallest absolute Gasteiger partial charge is 0.330 e. The van der Waals surface area contributed by atoms with Gasteiger partial charge in [0.15, 0.2) is 0 Å². The maximum Gasteiger partial charge on any atom is 0.330 e. The van der Waals surface area contributed by atoms with E-state index in [1.165, 1.54) is 0 Å². The van der Waals surface area contributed by atoms with Crippen molar-refractivity contribution in [2.24, 2.45) is 0 Å². The molecule has 35 heavy (non-hydrogen) atoms. The number of hydrogen-bond acceptors (Lipinski definition) is 5. The fourth-order valence-corrected chi connectivity index (χ4v) is 4.24. The normalized spacial score (nSPS) is 14.3. The minimum absolute atomic E-state index is 0.143. The number of nitrogens with one attached hydrogen (secondary N) is 1. The van der Waals surface area contributed by atoms with Crippen LogP contribution in [-0.2, 0) is 14.3 Å². The van der Waals surface area contributed by atoms with E-state index in [0.29, 0.717) is 11.3 Å². The van der Waals surface area contributed by atoms with E-state index in [9.17, 15) is 19.2 Å². The molecule has 0 saturated carbocycles. The molecule has 0 aromatic heterocycles. The number of rotatable bonds is 7. The standard InChI is InChI=1S/C28H26N2O5/c1-4-22(30-26(32)20-15-8-9-16-21(20)27(30)33)28(34)35-24(19-13-6-5-7-14-19)25(31)29-23-17(2)11-10-12-18(23)3/h5-16,22,24H,4H2,1-3H3,(H,29,31). The minimum Gasteiger partial charge on any atom is -0.446 e. The van der Waals surface area contributed by atoms with Gasteiger partial charge in [-0.15, -0.1) is 0 Å². The Balaban J connectivity index is 1.62. The van der Waals surface area contributed by atoms with Crippen LogP contribution in [0.25, 0.3) is 0 Å². The number of aryl methyl sites for hydroxylation is 2. The van der Waals surface area contributed by atoms with E-state index in [-0.39, 0.29) is 17.5 Å². The van der Waals surface area contributed by atoms with Crippen molar-refractivity contribution in [3.8, 4) is 0 Å². The molecule has 0 fully saturated rings. The highest BCUT2D eigenvalue weighted by Crippen LogP contribution is 2.29. The second-order valence-electron chi connectivity index (χ2n) is 8.43. The van der Waals surface area contributed by atoms with Crippen LogP contribution in [-0.4, -0.2) is 34.6 Å². The average molecular weight is 471 g/mol. The summed E-state index contributed by atoms with van der Waals surface area (Å²) in [5, 5.41) is 2.88. The molecule has 0 saturated heterocycles. The molecular formula is C28H26N2O5. The molecule has 7 heteroatoms. The predicted molar refractivity (Wildman–Crippen MR) is 131 cm³/mol. The van der Waals surface area contributed by atoms with Crippen molar-refractivity contribution < 1.29 is 23.9 Å². The van der Waals surface area contributed by atoms with Crippen LogP contribution in [0.4, 0.5) is 5.69 Å². The van der Waals surface area contributed by atoms with Crippen molar-refractivity contribution in [3.63, 3.8) is 0 Å². The van der Waals surface area contributed by atoms with Crippen LogP contribution in [0.3, 0.4) is 0 Å². The third-order valence-corrected chi connectivity index (χ3v) is 6.10. The minimum atomic E-state index is -1.27. The van der Waals surface area contributed by atoms with Gasteiger partial charge in [-0.3, -0.25) is 19.3 Å². The molecule has 1 N–H and O–H groups in total. The van der Waals surface area contributed by atoms with Gasteiger partial charge in [0.05, 0.1) is 11.1 Å². The highest BCUT2D eigenvalue weighted by molar-refractivity contribution is 6.22. The van der Waals surface area contributed by atoms with Crippen LogP contribution in [0.2, 0.25) is 0 Å². The van der Waals surface area contributed by atoms with E-state index in [1.807, 2.05) is 32.0 Å². The van der Waals surface area contributed by atoms with E-state index in [2.05, 4.69) is 5.32 Å². The molecule has 0 aliphatic carbocycles. The molecule has 1 aliphatic heterocycles. The van der Waals surface area contributed by atoms with Gasteiger partial charge >= 0.3 is 5.97 Å².